The SMILES string of the molecule is CCc1ccc(C(C)NC(=O)/C(C#N)=C/c2c[nH]c3ccccc23)cc1. The summed E-state index contributed by atoms with van der Waals surface area (Å²) in [5, 5.41) is 13.3. The number of aryl methyl sites for hydroxylation is 1. The summed E-state index contributed by atoms with van der Waals surface area (Å²) in [5.41, 5.74) is 4.16. The first-order valence-electron chi connectivity index (χ1n) is 8.70. The molecule has 1 amide bonds. The van der Waals surface area contributed by atoms with Crippen molar-refractivity contribution in [3.63, 3.8) is 0 Å². The molecule has 0 spiro atoms. The molecular weight excluding hydrogens is 322 g/mol. The smallest absolute Gasteiger partial charge is 0.262 e. The average molecular weight is 343 g/mol. The van der Waals surface area contributed by atoms with Gasteiger partial charge in [-0.3, -0.25) is 4.79 Å². The second-order valence-electron chi connectivity index (χ2n) is 6.25. The van der Waals surface area contributed by atoms with Crippen LogP contribution < -0.4 is 5.32 Å². The van der Waals surface area contributed by atoms with E-state index in [1.165, 1.54) is 5.56 Å². The molecule has 4 nitrogen and oxygen atoms in total. The molecule has 0 aliphatic heterocycles. The monoisotopic (exact) mass is 343 g/mol. The third-order valence-electron chi connectivity index (χ3n) is 4.52. The van der Waals surface area contributed by atoms with Crippen LogP contribution in [0.2, 0.25) is 0 Å². The van der Waals surface area contributed by atoms with Crippen LogP contribution in [0.1, 0.15) is 36.6 Å². The van der Waals surface area contributed by atoms with Gasteiger partial charge in [0.2, 0.25) is 0 Å². The molecular formula is C22H21N3O. The Balaban J connectivity index is 1.79. The Bertz CT molecular complexity index is 990. The highest BCUT2D eigenvalue weighted by Crippen LogP contribution is 2.21. The van der Waals surface area contributed by atoms with E-state index < -0.39 is 0 Å². The lowest BCUT2D eigenvalue weighted by atomic mass is 10.0. The van der Waals surface area contributed by atoms with Gasteiger partial charge in [-0.25, -0.2) is 0 Å². The Morgan fingerprint density at radius 2 is 1.96 bits per heavy atom. The van der Waals surface area contributed by atoms with Gasteiger partial charge in [0.25, 0.3) is 5.91 Å². The predicted octanol–water partition coefficient (Wildman–Crippen LogP) is 4.51. The molecule has 0 saturated heterocycles. The first-order valence-corrected chi connectivity index (χ1v) is 8.70. The number of hydrogen-bond donors (Lipinski definition) is 2. The van der Waals surface area contributed by atoms with Crippen LogP contribution in [0.4, 0.5) is 0 Å². The molecule has 130 valence electrons. The number of carbonyl (C=O) groups is 1. The molecule has 1 heterocycles. The zero-order valence-electron chi connectivity index (χ0n) is 14.9. The molecule has 0 aliphatic rings. The highest BCUT2D eigenvalue weighted by molar-refractivity contribution is 6.04. The van der Waals surface area contributed by atoms with Gasteiger partial charge in [-0.1, -0.05) is 49.4 Å². The third kappa shape index (κ3) is 3.68. The zero-order valence-corrected chi connectivity index (χ0v) is 14.9. The molecule has 3 aromatic rings. The molecule has 2 N–H and O–H groups in total. The van der Waals surface area contributed by atoms with Crippen LogP contribution in [0.15, 0.2) is 60.3 Å². The summed E-state index contributed by atoms with van der Waals surface area (Å²) in [6.45, 7) is 4.02. The quantitative estimate of drug-likeness (QED) is 0.528. The number of H-pyrrole nitrogens is 1. The van der Waals surface area contributed by atoms with Crippen molar-refractivity contribution in [1.29, 1.82) is 5.26 Å². The number of rotatable bonds is 5. The number of aromatic nitrogens is 1. The lowest BCUT2D eigenvalue weighted by Gasteiger charge is -2.14. The summed E-state index contributed by atoms with van der Waals surface area (Å²) in [7, 11) is 0. The molecule has 0 aliphatic carbocycles. The number of hydrogen-bond acceptors (Lipinski definition) is 2. The maximum absolute atomic E-state index is 12.5. The molecule has 1 unspecified atom stereocenters. The van der Waals surface area contributed by atoms with Crippen LogP contribution in [0.25, 0.3) is 17.0 Å². The van der Waals surface area contributed by atoms with Crippen LogP contribution in [-0.4, -0.2) is 10.9 Å². The van der Waals surface area contributed by atoms with Gasteiger partial charge in [0.15, 0.2) is 0 Å². The van der Waals surface area contributed by atoms with Gasteiger partial charge in [-0.05, 0) is 36.6 Å². The van der Waals surface area contributed by atoms with Gasteiger partial charge in [0.1, 0.15) is 11.6 Å². The molecule has 4 heteroatoms. The third-order valence-corrected chi connectivity index (χ3v) is 4.52. The van der Waals surface area contributed by atoms with Crippen LogP contribution in [0, 0.1) is 11.3 Å². The van der Waals surface area contributed by atoms with E-state index in [1.807, 2.05) is 55.6 Å². The fraction of sp³-hybridized carbons (Fsp3) is 0.182. The zero-order chi connectivity index (χ0) is 18.5. The van der Waals surface area contributed by atoms with Crippen molar-refractivity contribution in [2.75, 3.05) is 0 Å². The molecule has 0 fully saturated rings. The summed E-state index contributed by atoms with van der Waals surface area (Å²) in [6, 6.07) is 17.8. The number of aromatic amines is 1. The van der Waals surface area contributed by atoms with Crippen molar-refractivity contribution in [2.24, 2.45) is 0 Å². The number of nitrogens with zero attached hydrogens (tertiary/aromatic N) is 1. The number of fused-ring (bicyclic) bond motifs is 1. The predicted molar refractivity (Wildman–Crippen MR) is 104 cm³/mol. The Labute approximate surface area is 153 Å². The van der Waals surface area contributed by atoms with Crippen molar-refractivity contribution in [3.8, 4) is 6.07 Å². The lowest BCUT2D eigenvalue weighted by molar-refractivity contribution is -0.117. The second kappa shape index (κ2) is 7.71. The van der Waals surface area contributed by atoms with E-state index in [1.54, 1.807) is 6.08 Å². The normalized spacial score (nSPS) is 12.6. The molecule has 0 radical (unpaired) electrons. The summed E-state index contributed by atoms with van der Waals surface area (Å²) in [6.07, 6.45) is 4.41. The number of amides is 1. The van der Waals surface area contributed by atoms with E-state index in [0.717, 1.165) is 28.5 Å². The Hall–Kier alpha value is -3.32. The van der Waals surface area contributed by atoms with E-state index in [0.29, 0.717) is 0 Å². The molecule has 0 bridgehead atoms. The standard InChI is InChI=1S/C22H21N3O/c1-3-16-8-10-17(11-9-16)15(2)25-22(26)18(13-23)12-19-14-24-21-7-5-4-6-20(19)21/h4-12,14-15,24H,3H2,1-2H3,(H,25,26)/b18-12+. The summed E-state index contributed by atoms with van der Waals surface area (Å²) < 4.78 is 0. The molecule has 2 aromatic carbocycles. The van der Waals surface area contributed by atoms with Crippen LogP contribution >= 0.6 is 0 Å². The summed E-state index contributed by atoms with van der Waals surface area (Å²) >= 11 is 0. The minimum Gasteiger partial charge on any atom is -0.361 e. The van der Waals surface area contributed by atoms with Gasteiger partial charge in [0, 0.05) is 22.7 Å². The summed E-state index contributed by atoms with van der Waals surface area (Å²) in [4.78, 5) is 15.7. The van der Waals surface area contributed by atoms with Gasteiger partial charge in [0.05, 0.1) is 6.04 Å². The van der Waals surface area contributed by atoms with E-state index in [-0.39, 0.29) is 17.5 Å². The number of benzene rings is 2. The van der Waals surface area contributed by atoms with E-state index in [4.69, 9.17) is 0 Å². The highest BCUT2D eigenvalue weighted by atomic mass is 16.1. The minimum absolute atomic E-state index is 0.0896. The number of para-hydroxylation sites is 1. The van der Waals surface area contributed by atoms with Gasteiger partial charge >= 0.3 is 0 Å². The maximum Gasteiger partial charge on any atom is 0.262 e. The molecule has 26 heavy (non-hydrogen) atoms. The minimum atomic E-state index is -0.371. The largest absolute Gasteiger partial charge is 0.361 e. The summed E-state index contributed by atoms with van der Waals surface area (Å²) in [5.74, 6) is -0.371. The van der Waals surface area contributed by atoms with Crippen LogP contribution in [-0.2, 0) is 11.2 Å². The molecule has 1 atom stereocenters. The fourth-order valence-corrected chi connectivity index (χ4v) is 2.92. The lowest BCUT2D eigenvalue weighted by Crippen LogP contribution is -2.27. The molecule has 1 aromatic heterocycles. The van der Waals surface area contributed by atoms with Crippen molar-refractivity contribution < 1.29 is 4.79 Å². The van der Waals surface area contributed by atoms with Crippen molar-refractivity contribution in [1.82, 2.24) is 10.3 Å². The topological polar surface area (TPSA) is 68.7 Å². The van der Waals surface area contributed by atoms with Crippen molar-refractivity contribution in [3.05, 3.63) is 77.0 Å². The van der Waals surface area contributed by atoms with Crippen molar-refractivity contribution in [2.45, 2.75) is 26.3 Å². The van der Waals surface area contributed by atoms with E-state index in [2.05, 4.69) is 29.4 Å². The van der Waals surface area contributed by atoms with Crippen molar-refractivity contribution >= 4 is 22.9 Å². The first kappa shape index (κ1) is 17.5. The Morgan fingerprint density at radius 3 is 2.65 bits per heavy atom. The van der Waals surface area contributed by atoms with E-state index in [9.17, 15) is 10.1 Å². The molecule has 0 saturated carbocycles. The average Bonchev–Trinajstić information content (AvgIpc) is 3.09. The van der Waals surface area contributed by atoms with E-state index >= 15 is 0 Å². The highest BCUT2D eigenvalue weighted by Gasteiger charge is 2.14. The van der Waals surface area contributed by atoms with Gasteiger partial charge in [-0.2, -0.15) is 5.26 Å². The van der Waals surface area contributed by atoms with Gasteiger partial charge < -0.3 is 10.3 Å². The number of nitrogens with one attached hydrogen (secondary N) is 2. The Morgan fingerprint density at radius 1 is 1.23 bits per heavy atom. The maximum atomic E-state index is 12.5. The fourth-order valence-electron chi connectivity index (χ4n) is 2.92. The van der Waals surface area contributed by atoms with Crippen LogP contribution in [0.5, 0.6) is 0 Å². The Kier molecular flexibility index (Phi) is 5.19. The number of carbonyl (C=O) groups excluding carboxylic acids is 1. The number of nitriles is 1. The second-order valence-corrected chi connectivity index (χ2v) is 6.25. The molecule has 3 rings (SSSR count). The first-order chi connectivity index (χ1) is 12.6. The van der Waals surface area contributed by atoms with Gasteiger partial charge in [-0.15, -0.1) is 0 Å². The van der Waals surface area contributed by atoms with Crippen LogP contribution in [0.3, 0.4) is 0 Å².